The second kappa shape index (κ2) is 7.17. The van der Waals surface area contributed by atoms with Crippen LogP contribution in [0.5, 0.6) is 0 Å². The Morgan fingerprint density at radius 2 is 1.70 bits per heavy atom. The van der Waals surface area contributed by atoms with Gasteiger partial charge in [-0.1, -0.05) is 48.5 Å². The Morgan fingerprint density at radius 1 is 1.05 bits per heavy atom. The number of rotatable bonds is 6. The van der Waals surface area contributed by atoms with Crippen LogP contribution in [-0.4, -0.2) is 17.8 Å². The molecule has 2 aromatic carbocycles. The molecule has 0 fully saturated rings. The molecule has 2 nitrogen and oxygen atoms in total. The third-order valence-corrected chi connectivity index (χ3v) is 3.40. The summed E-state index contributed by atoms with van der Waals surface area (Å²) in [4.78, 5) is 0. The van der Waals surface area contributed by atoms with E-state index in [2.05, 4.69) is 5.32 Å². The van der Waals surface area contributed by atoms with Gasteiger partial charge >= 0.3 is 0 Å². The van der Waals surface area contributed by atoms with Crippen molar-refractivity contribution in [1.82, 2.24) is 5.32 Å². The van der Waals surface area contributed by atoms with Crippen LogP contribution in [0.1, 0.15) is 24.1 Å². The predicted molar refractivity (Wildman–Crippen MR) is 79.0 cm³/mol. The molecule has 2 atom stereocenters. The molecular formula is C17H20FNO. The molecule has 0 aromatic heterocycles. The quantitative estimate of drug-likeness (QED) is 0.847. The van der Waals surface area contributed by atoms with Crippen LogP contribution in [0.2, 0.25) is 0 Å². The molecule has 2 rings (SSSR count). The highest BCUT2D eigenvalue weighted by atomic mass is 19.1. The minimum atomic E-state index is -0.219. The SMILES string of the molecule is CC(N[C@H](CO)Cc1ccccc1)c1ccccc1F. The van der Waals surface area contributed by atoms with Crippen molar-refractivity contribution in [2.24, 2.45) is 0 Å². The zero-order valence-corrected chi connectivity index (χ0v) is 11.6. The first-order valence-electron chi connectivity index (χ1n) is 6.86. The molecule has 0 saturated heterocycles. The molecule has 1 unspecified atom stereocenters. The van der Waals surface area contributed by atoms with Crippen molar-refractivity contribution in [3.8, 4) is 0 Å². The lowest BCUT2D eigenvalue weighted by Gasteiger charge is -2.22. The lowest BCUT2D eigenvalue weighted by atomic mass is 10.0. The van der Waals surface area contributed by atoms with E-state index in [9.17, 15) is 9.50 Å². The number of hydrogen-bond donors (Lipinski definition) is 2. The van der Waals surface area contributed by atoms with E-state index >= 15 is 0 Å². The van der Waals surface area contributed by atoms with Gasteiger partial charge in [-0.25, -0.2) is 4.39 Å². The molecule has 0 aliphatic carbocycles. The summed E-state index contributed by atoms with van der Waals surface area (Å²) in [6.07, 6.45) is 0.718. The highest BCUT2D eigenvalue weighted by Crippen LogP contribution is 2.17. The van der Waals surface area contributed by atoms with Gasteiger partial charge in [-0.2, -0.15) is 0 Å². The van der Waals surface area contributed by atoms with Crippen LogP contribution >= 0.6 is 0 Å². The van der Waals surface area contributed by atoms with Crippen molar-refractivity contribution in [1.29, 1.82) is 0 Å². The fourth-order valence-electron chi connectivity index (χ4n) is 2.34. The van der Waals surface area contributed by atoms with E-state index in [4.69, 9.17) is 0 Å². The molecule has 0 bridgehead atoms. The minimum Gasteiger partial charge on any atom is -0.395 e. The van der Waals surface area contributed by atoms with E-state index in [-0.39, 0.29) is 24.5 Å². The van der Waals surface area contributed by atoms with Gasteiger partial charge in [-0.05, 0) is 25.0 Å². The summed E-state index contributed by atoms with van der Waals surface area (Å²) in [6.45, 7) is 1.93. The van der Waals surface area contributed by atoms with Gasteiger partial charge in [0.2, 0.25) is 0 Å². The van der Waals surface area contributed by atoms with E-state index in [1.54, 1.807) is 12.1 Å². The van der Waals surface area contributed by atoms with Crippen molar-refractivity contribution >= 4 is 0 Å². The summed E-state index contributed by atoms with van der Waals surface area (Å²) >= 11 is 0. The fourth-order valence-corrected chi connectivity index (χ4v) is 2.34. The predicted octanol–water partition coefficient (Wildman–Crippen LogP) is 3.08. The Hall–Kier alpha value is -1.71. The van der Waals surface area contributed by atoms with Crippen molar-refractivity contribution in [2.45, 2.75) is 25.4 Å². The Labute approximate surface area is 119 Å². The monoisotopic (exact) mass is 273 g/mol. The van der Waals surface area contributed by atoms with Gasteiger partial charge in [-0.3, -0.25) is 0 Å². The molecule has 2 N–H and O–H groups in total. The number of halogens is 1. The minimum absolute atomic E-state index is 0.0215. The van der Waals surface area contributed by atoms with Crippen LogP contribution in [0.15, 0.2) is 54.6 Å². The molecule has 0 radical (unpaired) electrons. The van der Waals surface area contributed by atoms with Gasteiger partial charge in [0.05, 0.1) is 6.61 Å². The smallest absolute Gasteiger partial charge is 0.127 e. The van der Waals surface area contributed by atoms with E-state index in [1.165, 1.54) is 6.07 Å². The Bertz CT molecular complexity index is 530. The molecule has 0 amide bonds. The first-order chi connectivity index (χ1) is 9.70. The summed E-state index contributed by atoms with van der Waals surface area (Å²) in [5.74, 6) is -0.219. The largest absolute Gasteiger partial charge is 0.395 e. The first-order valence-corrected chi connectivity index (χ1v) is 6.86. The van der Waals surface area contributed by atoms with E-state index in [0.717, 1.165) is 12.0 Å². The van der Waals surface area contributed by atoms with Crippen LogP contribution < -0.4 is 5.32 Å². The third kappa shape index (κ3) is 3.89. The van der Waals surface area contributed by atoms with E-state index in [0.29, 0.717) is 5.56 Å². The number of aliphatic hydroxyl groups is 1. The molecular weight excluding hydrogens is 253 g/mol. The van der Waals surface area contributed by atoms with Crippen molar-refractivity contribution < 1.29 is 9.50 Å². The number of benzene rings is 2. The Kier molecular flexibility index (Phi) is 5.27. The summed E-state index contributed by atoms with van der Waals surface area (Å²) < 4.78 is 13.7. The summed E-state index contributed by atoms with van der Waals surface area (Å²) in [6, 6.07) is 16.5. The van der Waals surface area contributed by atoms with E-state index < -0.39 is 0 Å². The van der Waals surface area contributed by atoms with Gasteiger partial charge in [0, 0.05) is 17.6 Å². The van der Waals surface area contributed by atoms with Gasteiger partial charge in [0.1, 0.15) is 5.82 Å². The lowest BCUT2D eigenvalue weighted by Crippen LogP contribution is -2.36. The maximum Gasteiger partial charge on any atom is 0.127 e. The van der Waals surface area contributed by atoms with Crippen molar-refractivity contribution in [2.75, 3.05) is 6.61 Å². The molecule has 0 spiro atoms. The molecule has 2 aromatic rings. The fraction of sp³-hybridized carbons (Fsp3) is 0.294. The Morgan fingerprint density at radius 3 is 2.35 bits per heavy atom. The second-order valence-electron chi connectivity index (χ2n) is 4.98. The van der Waals surface area contributed by atoms with Crippen LogP contribution in [0, 0.1) is 5.82 Å². The molecule has 20 heavy (non-hydrogen) atoms. The molecule has 0 aliphatic rings. The zero-order chi connectivity index (χ0) is 14.4. The Balaban J connectivity index is 2.01. The van der Waals surface area contributed by atoms with Gasteiger partial charge in [-0.15, -0.1) is 0 Å². The highest BCUT2D eigenvalue weighted by Gasteiger charge is 2.15. The maximum absolute atomic E-state index is 13.7. The topological polar surface area (TPSA) is 32.3 Å². The first kappa shape index (κ1) is 14.7. The average molecular weight is 273 g/mol. The van der Waals surface area contributed by atoms with Crippen LogP contribution in [0.4, 0.5) is 4.39 Å². The second-order valence-corrected chi connectivity index (χ2v) is 4.98. The van der Waals surface area contributed by atoms with Crippen LogP contribution in [-0.2, 0) is 6.42 Å². The number of nitrogens with one attached hydrogen (secondary N) is 1. The molecule has 0 aliphatic heterocycles. The lowest BCUT2D eigenvalue weighted by molar-refractivity contribution is 0.232. The van der Waals surface area contributed by atoms with Crippen molar-refractivity contribution in [3.05, 3.63) is 71.5 Å². The third-order valence-electron chi connectivity index (χ3n) is 3.40. The molecule has 0 heterocycles. The van der Waals surface area contributed by atoms with Gasteiger partial charge in [0.25, 0.3) is 0 Å². The summed E-state index contributed by atoms with van der Waals surface area (Å²) in [5, 5.41) is 12.8. The summed E-state index contributed by atoms with van der Waals surface area (Å²) in [5.41, 5.74) is 1.78. The molecule has 106 valence electrons. The normalized spacial score (nSPS) is 13.9. The van der Waals surface area contributed by atoms with Crippen LogP contribution in [0.25, 0.3) is 0 Å². The molecule has 0 saturated carbocycles. The average Bonchev–Trinajstić information content (AvgIpc) is 2.48. The summed E-state index contributed by atoms with van der Waals surface area (Å²) in [7, 11) is 0. The number of aliphatic hydroxyl groups excluding tert-OH is 1. The standard InChI is InChI=1S/C17H20FNO/c1-13(16-9-5-6-10-17(16)18)19-15(12-20)11-14-7-3-2-4-8-14/h2-10,13,15,19-20H,11-12H2,1H3/t13?,15-/m0/s1. The molecule has 3 heteroatoms. The van der Waals surface area contributed by atoms with E-state index in [1.807, 2.05) is 43.3 Å². The maximum atomic E-state index is 13.7. The van der Waals surface area contributed by atoms with Crippen molar-refractivity contribution in [3.63, 3.8) is 0 Å². The zero-order valence-electron chi connectivity index (χ0n) is 11.6. The van der Waals surface area contributed by atoms with Gasteiger partial charge < -0.3 is 10.4 Å². The highest BCUT2D eigenvalue weighted by molar-refractivity contribution is 5.21. The van der Waals surface area contributed by atoms with Crippen LogP contribution in [0.3, 0.4) is 0 Å². The number of hydrogen-bond acceptors (Lipinski definition) is 2. The van der Waals surface area contributed by atoms with Gasteiger partial charge in [0.15, 0.2) is 0 Å².